The minimum Gasteiger partial charge on any atom is -0.325 e. The highest BCUT2D eigenvalue weighted by Gasteiger charge is 2.06. The molecule has 0 spiro atoms. The van der Waals surface area contributed by atoms with Crippen LogP contribution < -0.4 is 5.32 Å². The van der Waals surface area contributed by atoms with Crippen molar-refractivity contribution < 1.29 is 0 Å². The molecule has 2 aromatic rings. The second-order valence-electron chi connectivity index (χ2n) is 4.08. The number of aromatic nitrogens is 2. The standard InChI is InChI=1S/C13H16BrN3/c1-4-17-8-10(3)15-13(17)16-12-6-5-11(14)7-9(12)2/h5-8H,4H2,1-3H3,(H,15,16). The van der Waals surface area contributed by atoms with E-state index in [0.29, 0.717) is 0 Å². The zero-order valence-corrected chi connectivity index (χ0v) is 11.9. The van der Waals surface area contributed by atoms with Crippen LogP contribution in [0.5, 0.6) is 0 Å². The van der Waals surface area contributed by atoms with Crippen LogP contribution in [0, 0.1) is 13.8 Å². The Morgan fingerprint density at radius 1 is 1.35 bits per heavy atom. The molecule has 90 valence electrons. The third kappa shape index (κ3) is 2.69. The Balaban J connectivity index is 2.30. The Hall–Kier alpha value is -1.29. The topological polar surface area (TPSA) is 29.9 Å². The van der Waals surface area contributed by atoms with Gasteiger partial charge in [0.25, 0.3) is 0 Å². The molecule has 1 N–H and O–H groups in total. The van der Waals surface area contributed by atoms with E-state index in [4.69, 9.17) is 0 Å². The highest BCUT2D eigenvalue weighted by Crippen LogP contribution is 2.23. The number of aryl methyl sites for hydroxylation is 3. The Morgan fingerprint density at radius 2 is 2.12 bits per heavy atom. The Labute approximate surface area is 110 Å². The molecule has 17 heavy (non-hydrogen) atoms. The number of nitrogens with one attached hydrogen (secondary N) is 1. The van der Waals surface area contributed by atoms with E-state index in [0.717, 1.165) is 28.3 Å². The van der Waals surface area contributed by atoms with Crippen molar-refractivity contribution in [1.82, 2.24) is 9.55 Å². The van der Waals surface area contributed by atoms with Crippen LogP contribution in [0.15, 0.2) is 28.9 Å². The van der Waals surface area contributed by atoms with Crippen LogP contribution in [0.1, 0.15) is 18.2 Å². The fourth-order valence-electron chi connectivity index (χ4n) is 1.78. The molecule has 0 radical (unpaired) electrons. The van der Waals surface area contributed by atoms with Crippen molar-refractivity contribution >= 4 is 27.6 Å². The third-order valence-electron chi connectivity index (χ3n) is 2.67. The Kier molecular flexibility index (Phi) is 3.52. The van der Waals surface area contributed by atoms with Crippen LogP contribution in [0.4, 0.5) is 11.6 Å². The fourth-order valence-corrected chi connectivity index (χ4v) is 2.25. The average molecular weight is 294 g/mol. The summed E-state index contributed by atoms with van der Waals surface area (Å²) in [6.45, 7) is 7.12. The number of imidazole rings is 1. The molecule has 0 saturated heterocycles. The van der Waals surface area contributed by atoms with Gasteiger partial charge in [-0.25, -0.2) is 4.98 Å². The monoisotopic (exact) mass is 293 g/mol. The van der Waals surface area contributed by atoms with Crippen LogP contribution in [0.3, 0.4) is 0 Å². The molecule has 0 aliphatic heterocycles. The summed E-state index contributed by atoms with van der Waals surface area (Å²) in [6.07, 6.45) is 2.05. The van der Waals surface area contributed by atoms with Gasteiger partial charge in [0.15, 0.2) is 0 Å². The lowest BCUT2D eigenvalue weighted by atomic mass is 10.2. The van der Waals surface area contributed by atoms with Crippen molar-refractivity contribution in [2.45, 2.75) is 27.3 Å². The second kappa shape index (κ2) is 4.92. The molecule has 3 nitrogen and oxygen atoms in total. The smallest absolute Gasteiger partial charge is 0.207 e. The molecule has 0 aliphatic carbocycles. The molecule has 4 heteroatoms. The van der Waals surface area contributed by atoms with E-state index in [1.165, 1.54) is 5.56 Å². The SMILES string of the molecule is CCn1cc(C)nc1Nc1ccc(Br)cc1C. The number of hydrogen-bond donors (Lipinski definition) is 1. The van der Waals surface area contributed by atoms with Crippen LogP contribution in [-0.4, -0.2) is 9.55 Å². The van der Waals surface area contributed by atoms with E-state index in [9.17, 15) is 0 Å². The van der Waals surface area contributed by atoms with Gasteiger partial charge in [-0.05, 0) is 44.5 Å². The predicted octanol–water partition coefficient (Wildman–Crippen LogP) is 4.03. The van der Waals surface area contributed by atoms with E-state index in [-0.39, 0.29) is 0 Å². The van der Waals surface area contributed by atoms with E-state index >= 15 is 0 Å². The number of benzene rings is 1. The van der Waals surface area contributed by atoms with Crippen molar-refractivity contribution in [3.8, 4) is 0 Å². The second-order valence-corrected chi connectivity index (χ2v) is 4.99. The summed E-state index contributed by atoms with van der Waals surface area (Å²) in [4.78, 5) is 4.48. The van der Waals surface area contributed by atoms with Gasteiger partial charge in [-0.15, -0.1) is 0 Å². The zero-order valence-electron chi connectivity index (χ0n) is 10.3. The van der Waals surface area contributed by atoms with Gasteiger partial charge in [-0.1, -0.05) is 15.9 Å². The minimum absolute atomic E-state index is 0.899. The molecule has 0 saturated carbocycles. The molecule has 0 atom stereocenters. The van der Waals surface area contributed by atoms with Crippen molar-refractivity contribution in [3.63, 3.8) is 0 Å². The average Bonchev–Trinajstić information content (AvgIpc) is 2.63. The number of halogens is 1. The molecule has 1 aromatic heterocycles. The van der Waals surface area contributed by atoms with Gasteiger partial charge in [0.2, 0.25) is 5.95 Å². The van der Waals surface area contributed by atoms with Gasteiger partial charge < -0.3 is 9.88 Å². The van der Waals surface area contributed by atoms with Gasteiger partial charge in [0.1, 0.15) is 0 Å². The maximum absolute atomic E-state index is 4.48. The molecular weight excluding hydrogens is 278 g/mol. The number of rotatable bonds is 3. The summed E-state index contributed by atoms with van der Waals surface area (Å²) < 4.78 is 3.20. The Bertz CT molecular complexity index is 531. The normalized spacial score (nSPS) is 10.6. The summed E-state index contributed by atoms with van der Waals surface area (Å²) in [5, 5.41) is 3.37. The summed E-state index contributed by atoms with van der Waals surface area (Å²) in [5.41, 5.74) is 3.32. The van der Waals surface area contributed by atoms with Gasteiger partial charge in [-0.2, -0.15) is 0 Å². The van der Waals surface area contributed by atoms with E-state index < -0.39 is 0 Å². The first-order valence-electron chi connectivity index (χ1n) is 5.67. The first kappa shape index (κ1) is 12.2. The maximum atomic E-state index is 4.48. The fraction of sp³-hybridized carbons (Fsp3) is 0.308. The zero-order chi connectivity index (χ0) is 12.4. The van der Waals surface area contributed by atoms with Gasteiger partial charge in [0.05, 0.1) is 5.69 Å². The van der Waals surface area contributed by atoms with Crippen molar-refractivity contribution in [2.24, 2.45) is 0 Å². The highest BCUT2D eigenvalue weighted by atomic mass is 79.9. The van der Waals surface area contributed by atoms with Crippen LogP contribution in [-0.2, 0) is 6.54 Å². The molecule has 1 heterocycles. The molecule has 1 aromatic carbocycles. The summed E-state index contributed by atoms with van der Waals surface area (Å²) >= 11 is 3.47. The first-order chi connectivity index (χ1) is 8.10. The van der Waals surface area contributed by atoms with Crippen LogP contribution >= 0.6 is 15.9 Å². The van der Waals surface area contributed by atoms with Gasteiger partial charge >= 0.3 is 0 Å². The van der Waals surface area contributed by atoms with Crippen LogP contribution in [0.2, 0.25) is 0 Å². The quantitative estimate of drug-likeness (QED) is 0.926. The molecule has 0 amide bonds. The van der Waals surface area contributed by atoms with E-state index in [2.05, 4.69) is 63.0 Å². The molecule has 0 aliphatic rings. The number of hydrogen-bond acceptors (Lipinski definition) is 2. The number of anilines is 2. The lowest BCUT2D eigenvalue weighted by Gasteiger charge is -2.10. The first-order valence-corrected chi connectivity index (χ1v) is 6.46. The van der Waals surface area contributed by atoms with Crippen molar-refractivity contribution in [3.05, 3.63) is 40.1 Å². The van der Waals surface area contributed by atoms with Crippen molar-refractivity contribution in [2.75, 3.05) is 5.32 Å². The van der Waals surface area contributed by atoms with Crippen LogP contribution in [0.25, 0.3) is 0 Å². The number of nitrogens with zero attached hydrogens (tertiary/aromatic N) is 2. The molecular formula is C13H16BrN3. The Morgan fingerprint density at radius 3 is 2.76 bits per heavy atom. The van der Waals surface area contributed by atoms with Gasteiger partial charge in [0, 0.05) is 22.9 Å². The molecule has 0 unspecified atom stereocenters. The molecule has 0 bridgehead atoms. The van der Waals surface area contributed by atoms with E-state index in [1.54, 1.807) is 0 Å². The summed E-state index contributed by atoms with van der Waals surface area (Å²) in [5.74, 6) is 0.899. The van der Waals surface area contributed by atoms with Crippen molar-refractivity contribution in [1.29, 1.82) is 0 Å². The largest absolute Gasteiger partial charge is 0.325 e. The lowest BCUT2D eigenvalue weighted by molar-refractivity contribution is 0.771. The summed E-state index contributed by atoms with van der Waals surface area (Å²) in [7, 11) is 0. The molecule has 2 rings (SSSR count). The lowest BCUT2D eigenvalue weighted by Crippen LogP contribution is -2.02. The maximum Gasteiger partial charge on any atom is 0.207 e. The predicted molar refractivity (Wildman–Crippen MR) is 74.8 cm³/mol. The highest BCUT2D eigenvalue weighted by molar-refractivity contribution is 9.10. The van der Waals surface area contributed by atoms with Gasteiger partial charge in [-0.3, -0.25) is 0 Å². The van der Waals surface area contributed by atoms with E-state index in [1.807, 2.05) is 13.0 Å². The summed E-state index contributed by atoms with van der Waals surface area (Å²) in [6, 6.07) is 6.18. The third-order valence-corrected chi connectivity index (χ3v) is 3.17. The molecule has 0 fully saturated rings. The minimum atomic E-state index is 0.899.